The van der Waals surface area contributed by atoms with Crippen LogP contribution in [-0.2, 0) is 6.18 Å². The quantitative estimate of drug-likeness (QED) is 0.624. The predicted octanol–water partition coefficient (Wildman–Crippen LogP) is 3.68. The molecule has 2 heterocycles. The van der Waals surface area contributed by atoms with Crippen LogP contribution < -0.4 is 10.2 Å². The van der Waals surface area contributed by atoms with Gasteiger partial charge in [-0.05, 0) is 48.7 Å². The summed E-state index contributed by atoms with van der Waals surface area (Å²) in [6, 6.07) is 14.1. The number of carbonyl (C=O) groups excluding carboxylic acids is 1. The highest BCUT2D eigenvalue weighted by molar-refractivity contribution is 5.93. The molecule has 1 aromatic heterocycles. The molecule has 1 aliphatic rings. The molecular formula is C21H19F4N5O. The number of nitrogens with one attached hydrogen (secondary N) is 1. The van der Waals surface area contributed by atoms with Crippen LogP contribution in [0.5, 0.6) is 0 Å². The van der Waals surface area contributed by atoms with Crippen LogP contribution in [0.25, 0.3) is 5.69 Å². The van der Waals surface area contributed by atoms with Crippen molar-refractivity contribution in [2.45, 2.75) is 12.6 Å². The fourth-order valence-electron chi connectivity index (χ4n) is 3.65. The van der Waals surface area contributed by atoms with Crippen molar-refractivity contribution >= 4 is 11.6 Å². The molecule has 3 aromatic rings. The van der Waals surface area contributed by atoms with Crippen LogP contribution in [0.4, 0.5) is 23.2 Å². The van der Waals surface area contributed by atoms with Gasteiger partial charge < -0.3 is 10.2 Å². The van der Waals surface area contributed by atoms with E-state index >= 15 is 0 Å². The van der Waals surface area contributed by atoms with E-state index in [1.54, 1.807) is 0 Å². The Labute approximate surface area is 175 Å². The third kappa shape index (κ3) is 4.52. The number of alkyl halides is 3. The summed E-state index contributed by atoms with van der Waals surface area (Å²) in [4.78, 5) is 14.7. The molecule has 1 N–H and O–H groups in total. The maximum absolute atomic E-state index is 13.7. The zero-order chi connectivity index (χ0) is 22.0. The fraction of sp³-hybridized carbons (Fsp3) is 0.286. The largest absolute Gasteiger partial charge is 0.435 e. The second-order valence-electron chi connectivity index (χ2n) is 7.32. The standard InChI is InChI=1S/C21H19F4N5O/c22-15-6-8-17(9-7-15)30-19(21(23,24)25)18(27-28-30)20(31)26-12-14-10-11-29(13-14)16-4-2-1-3-5-16/h1-9,14H,10-13H2,(H,26,31). The van der Waals surface area contributed by atoms with Crippen molar-refractivity contribution in [2.75, 3.05) is 24.5 Å². The van der Waals surface area contributed by atoms with Gasteiger partial charge in [0.15, 0.2) is 11.4 Å². The number of para-hydroxylation sites is 1. The first kappa shape index (κ1) is 20.8. The van der Waals surface area contributed by atoms with Crippen molar-refractivity contribution in [2.24, 2.45) is 5.92 Å². The molecule has 4 rings (SSSR count). The zero-order valence-corrected chi connectivity index (χ0v) is 16.3. The molecule has 31 heavy (non-hydrogen) atoms. The molecule has 0 spiro atoms. The molecule has 1 amide bonds. The summed E-state index contributed by atoms with van der Waals surface area (Å²) in [5.41, 5.74) is -1.09. The minimum absolute atomic E-state index is 0.0467. The summed E-state index contributed by atoms with van der Waals surface area (Å²) in [5, 5.41) is 9.51. The van der Waals surface area contributed by atoms with Gasteiger partial charge in [0.05, 0.1) is 5.69 Å². The number of anilines is 1. The average molecular weight is 433 g/mol. The number of aromatic nitrogens is 3. The summed E-state index contributed by atoms with van der Waals surface area (Å²) in [6.45, 7) is 1.72. The molecule has 2 aromatic carbocycles. The zero-order valence-electron chi connectivity index (χ0n) is 16.3. The van der Waals surface area contributed by atoms with E-state index in [0.717, 1.165) is 42.9 Å². The monoisotopic (exact) mass is 433 g/mol. The number of nitrogens with zero attached hydrogens (tertiary/aromatic N) is 4. The van der Waals surface area contributed by atoms with Gasteiger partial charge in [-0.1, -0.05) is 23.4 Å². The maximum Gasteiger partial charge on any atom is 0.435 e. The van der Waals surface area contributed by atoms with Crippen molar-refractivity contribution < 1.29 is 22.4 Å². The molecule has 0 bridgehead atoms. The topological polar surface area (TPSA) is 63.1 Å². The smallest absolute Gasteiger partial charge is 0.371 e. The number of carbonyl (C=O) groups is 1. The number of hydrogen-bond acceptors (Lipinski definition) is 4. The van der Waals surface area contributed by atoms with Gasteiger partial charge in [-0.3, -0.25) is 4.79 Å². The van der Waals surface area contributed by atoms with Crippen molar-refractivity contribution in [3.8, 4) is 5.69 Å². The third-order valence-electron chi connectivity index (χ3n) is 5.18. The van der Waals surface area contributed by atoms with E-state index in [-0.39, 0.29) is 18.2 Å². The van der Waals surface area contributed by atoms with Gasteiger partial charge in [-0.15, -0.1) is 5.10 Å². The highest BCUT2D eigenvalue weighted by Gasteiger charge is 2.42. The van der Waals surface area contributed by atoms with E-state index in [0.29, 0.717) is 11.2 Å². The Bertz CT molecular complexity index is 1050. The Morgan fingerprint density at radius 1 is 1.06 bits per heavy atom. The van der Waals surface area contributed by atoms with Gasteiger partial charge in [0.25, 0.3) is 5.91 Å². The van der Waals surface area contributed by atoms with Crippen molar-refractivity contribution in [1.29, 1.82) is 0 Å². The molecule has 1 saturated heterocycles. The van der Waals surface area contributed by atoms with Crippen LogP contribution >= 0.6 is 0 Å². The van der Waals surface area contributed by atoms with Crippen LogP contribution in [0.3, 0.4) is 0 Å². The lowest BCUT2D eigenvalue weighted by Crippen LogP contribution is -2.32. The molecular weight excluding hydrogens is 414 g/mol. The molecule has 6 nitrogen and oxygen atoms in total. The molecule has 0 radical (unpaired) electrons. The van der Waals surface area contributed by atoms with E-state index in [9.17, 15) is 22.4 Å². The lowest BCUT2D eigenvalue weighted by Gasteiger charge is -2.18. The van der Waals surface area contributed by atoms with E-state index in [1.165, 1.54) is 0 Å². The SMILES string of the molecule is O=C(NCC1CCN(c2ccccc2)C1)c1nnn(-c2ccc(F)cc2)c1C(F)(F)F. The van der Waals surface area contributed by atoms with E-state index < -0.39 is 29.3 Å². The molecule has 1 atom stereocenters. The van der Waals surface area contributed by atoms with E-state index in [1.807, 2.05) is 30.3 Å². The van der Waals surface area contributed by atoms with Crippen molar-refractivity contribution in [3.05, 3.63) is 71.8 Å². The third-order valence-corrected chi connectivity index (χ3v) is 5.18. The molecule has 1 aliphatic heterocycles. The molecule has 0 aliphatic carbocycles. The van der Waals surface area contributed by atoms with Gasteiger partial charge in [-0.25, -0.2) is 9.07 Å². The number of hydrogen-bond donors (Lipinski definition) is 1. The minimum Gasteiger partial charge on any atom is -0.371 e. The number of amides is 1. The lowest BCUT2D eigenvalue weighted by atomic mass is 10.1. The normalized spacial score (nSPS) is 16.5. The minimum atomic E-state index is -4.87. The first-order valence-corrected chi connectivity index (χ1v) is 9.70. The first-order chi connectivity index (χ1) is 14.8. The molecule has 1 unspecified atom stereocenters. The first-order valence-electron chi connectivity index (χ1n) is 9.70. The van der Waals surface area contributed by atoms with Crippen molar-refractivity contribution in [3.63, 3.8) is 0 Å². The maximum atomic E-state index is 13.7. The van der Waals surface area contributed by atoms with Crippen LogP contribution in [0.1, 0.15) is 22.6 Å². The Kier molecular flexibility index (Phi) is 5.62. The second kappa shape index (κ2) is 8.37. The summed E-state index contributed by atoms with van der Waals surface area (Å²) in [6.07, 6.45) is -4.06. The van der Waals surface area contributed by atoms with Gasteiger partial charge in [0, 0.05) is 25.3 Å². The Morgan fingerprint density at radius 2 is 1.77 bits per heavy atom. The molecule has 162 valence electrons. The molecule has 10 heteroatoms. The van der Waals surface area contributed by atoms with Crippen LogP contribution in [0, 0.1) is 11.7 Å². The van der Waals surface area contributed by atoms with Gasteiger partial charge in [0.1, 0.15) is 5.82 Å². The van der Waals surface area contributed by atoms with Gasteiger partial charge in [-0.2, -0.15) is 13.2 Å². The summed E-state index contributed by atoms with van der Waals surface area (Å²) >= 11 is 0. The van der Waals surface area contributed by atoms with E-state index in [2.05, 4.69) is 20.5 Å². The highest BCUT2D eigenvalue weighted by Crippen LogP contribution is 2.33. The Hall–Kier alpha value is -3.43. The summed E-state index contributed by atoms with van der Waals surface area (Å²) in [5.74, 6) is -1.44. The van der Waals surface area contributed by atoms with Gasteiger partial charge >= 0.3 is 6.18 Å². The second-order valence-corrected chi connectivity index (χ2v) is 7.32. The van der Waals surface area contributed by atoms with Crippen LogP contribution in [-0.4, -0.2) is 40.5 Å². The fourth-order valence-corrected chi connectivity index (χ4v) is 3.65. The summed E-state index contributed by atoms with van der Waals surface area (Å²) in [7, 11) is 0. The predicted molar refractivity (Wildman–Crippen MR) is 105 cm³/mol. The Morgan fingerprint density at radius 3 is 2.45 bits per heavy atom. The summed E-state index contributed by atoms with van der Waals surface area (Å²) < 4.78 is 54.7. The van der Waals surface area contributed by atoms with Crippen LogP contribution in [0.2, 0.25) is 0 Å². The average Bonchev–Trinajstić information content (AvgIpc) is 3.41. The highest BCUT2D eigenvalue weighted by atomic mass is 19.4. The van der Waals surface area contributed by atoms with E-state index in [4.69, 9.17) is 0 Å². The number of halogens is 4. The van der Waals surface area contributed by atoms with Crippen LogP contribution in [0.15, 0.2) is 54.6 Å². The Balaban J connectivity index is 1.47. The molecule has 1 fully saturated rings. The lowest BCUT2D eigenvalue weighted by molar-refractivity contribution is -0.143. The molecule has 0 saturated carbocycles. The number of benzene rings is 2. The van der Waals surface area contributed by atoms with Crippen molar-refractivity contribution in [1.82, 2.24) is 20.3 Å². The van der Waals surface area contributed by atoms with Gasteiger partial charge in [0.2, 0.25) is 0 Å². The number of rotatable bonds is 5.